The number of fused-ring (bicyclic) bond motifs is 3. The highest BCUT2D eigenvalue weighted by atomic mass is 127. The van der Waals surface area contributed by atoms with Gasteiger partial charge in [-0.1, -0.05) is 13.8 Å². The van der Waals surface area contributed by atoms with Crippen molar-refractivity contribution in [2.24, 2.45) is 10.9 Å². The summed E-state index contributed by atoms with van der Waals surface area (Å²) >= 11 is 0. The topological polar surface area (TPSA) is 54.4 Å². The smallest absolute Gasteiger partial charge is 0.225 e. The Kier molecular flexibility index (Phi) is 8.41. The maximum atomic E-state index is 12.2. The van der Waals surface area contributed by atoms with Crippen LogP contribution in [-0.4, -0.2) is 110 Å². The first-order valence-corrected chi connectivity index (χ1v) is 9.87. The van der Waals surface area contributed by atoms with E-state index < -0.39 is 0 Å². The zero-order valence-corrected chi connectivity index (χ0v) is 18.8. The Morgan fingerprint density at radius 2 is 1.65 bits per heavy atom. The van der Waals surface area contributed by atoms with Crippen LogP contribution in [0.4, 0.5) is 0 Å². The molecular formula is C18H35IN6O. The predicted molar refractivity (Wildman–Crippen MR) is 116 cm³/mol. The van der Waals surface area contributed by atoms with Crippen molar-refractivity contribution in [2.45, 2.75) is 26.8 Å². The predicted octanol–water partition coefficient (Wildman–Crippen LogP) is 0.370. The maximum absolute atomic E-state index is 12.2. The summed E-state index contributed by atoms with van der Waals surface area (Å²) in [6.45, 7) is 17.1. The van der Waals surface area contributed by atoms with E-state index >= 15 is 0 Å². The maximum Gasteiger partial charge on any atom is 0.225 e. The fourth-order valence-electron chi connectivity index (χ4n) is 4.02. The summed E-state index contributed by atoms with van der Waals surface area (Å²) in [5.41, 5.74) is 0. The van der Waals surface area contributed by atoms with Crippen LogP contribution in [0.2, 0.25) is 0 Å². The summed E-state index contributed by atoms with van der Waals surface area (Å²) in [4.78, 5) is 26.5. The molecule has 26 heavy (non-hydrogen) atoms. The molecule has 7 nitrogen and oxygen atoms in total. The molecule has 2 bridgehead atoms. The van der Waals surface area contributed by atoms with E-state index in [2.05, 4.69) is 26.9 Å². The van der Waals surface area contributed by atoms with Gasteiger partial charge >= 0.3 is 0 Å². The van der Waals surface area contributed by atoms with E-state index in [0.29, 0.717) is 6.04 Å². The van der Waals surface area contributed by atoms with Crippen LogP contribution in [0.15, 0.2) is 4.99 Å². The Labute approximate surface area is 175 Å². The third-order valence-electron chi connectivity index (χ3n) is 5.56. The lowest BCUT2D eigenvalue weighted by molar-refractivity contribution is -0.135. The van der Waals surface area contributed by atoms with Crippen LogP contribution in [0.1, 0.15) is 20.8 Å². The fourth-order valence-corrected chi connectivity index (χ4v) is 4.02. The lowest BCUT2D eigenvalue weighted by atomic mass is 10.1. The molecule has 1 N–H and O–H groups in total. The minimum atomic E-state index is 0. The van der Waals surface area contributed by atoms with Gasteiger partial charge in [-0.25, -0.2) is 0 Å². The van der Waals surface area contributed by atoms with Crippen LogP contribution >= 0.6 is 24.0 Å². The van der Waals surface area contributed by atoms with Gasteiger partial charge in [0.15, 0.2) is 5.96 Å². The van der Waals surface area contributed by atoms with Crippen LogP contribution in [0.25, 0.3) is 0 Å². The van der Waals surface area contributed by atoms with E-state index in [1.807, 2.05) is 18.7 Å². The molecule has 150 valence electrons. The number of aliphatic imine (C=N–C) groups is 1. The summed E-state index contributed by atoms with van der Waals surface area (Å²) in [5, 5.41) is 3.44. The number of halogens is 1. The number of carbonyl (C=O) groups is 1. The van der Waals surface area contributed by atoms with E-state index in [4.69, 9.17) is 4.99 Å². The number of amides is 1. The van der Waals surface area contributed by atoms with Crippen molar-refractivity contribution < 1.29 is 4.79 Å². The van der Waals surface area contributed by atoms with Crippen molar-refractivity contribution in [3.8, 4) is 0 Å². The minimum Gasteiger partial charge on any atom is -0.357 e. The van der Waals surface area contributed by atoms with Gasteiger partial charge in [-0.3, -0.25) is 19.6 Å². The molecule has 8 heteroatoms. The number of piperazine rings is 4. The Morgan fingerprint density at radius 3 is 2.15 bits per heavy atom. The average Bonchev–Trinajstić information content (AvgIpc) is 2.65. The van der Waals surface area contributed by atoms with Crippen molar-refractivity contribution in [2.75, 3.05) is 72.0 Å². The number of guanidine groups is 1. The molecule has 4 aliphatic rings. The third-order valence-corrected chi connectivity index (χ3v) is 5.56. The highest BCUT2D eigenvalue weighted by Gasteiger charge is 2.32. The zero-order valence-electron chi connectivity index (χ0n) is 16.5. The molecule has 0 radical (unpaired) electrons. The SMILES string of the molecule is CCNC(=NCC1CN2CCN1CC2)N1CCN(C(=O)C(C)C)CC1.I. The molecule has 0 aromatic rings. The number of hydrogen-bond acceptors (Lipinski definition) is 4. The molecule has 0 spiro atoms. The normalized spacial score (nSPS) is 28.9. The molecule has 0 aliphatic carbocycles. The summed E-state index contributed by atoms with van der Waals surface area (Å²) in [7, 11) is 0. The molecule has 4 fully saturated rings. The molecule has 0 aromatic carbocycles. The molecule has 1 unspecified atom stereocenters. The van der Waals surface area contributed by atoms with Crippen molar-refractivity contribution in [3.05, 3.63) is 0 Å². The van der Waals surface area contributed by atoms with E-state index in [-0.39, 0.29) is 35.8 Å². The molecule has 1 atom stereocenters. The number of rotatable bonds is 4. The first-order chi connectivity index (χ1) is 12.1. The van der Waals surface area contributed by atoms with Crippen molar-refractivity contribution >= 4 is 35.8 Å². The number of nitrogens with one attached hydrogen (secondary N) is 1. The van der Waals surface area contributed by atoms with Crippen LogP contribution in [0, 0.1) is 5.92 Å². The van der Waals surface area contributed by atoms with Gasteiger partial charge < -0.3 is 15.1 Å². The standard InChI is InChI=1S/C18H34N6O.HI/c1-4-19-18(20-13-16-14-21-5-7-22(16)8-6-21)24-11-9-23(10-12-24)17(25)15(2)3;/h15-16H,4-14H2,1-3H3,(H,19,20);1H. The van der Waals surface area contributed by atoms with E-state index in [1.54, 1.807) is 0 Å². The van der Waals surface area contributed by atoms with Gasteiger partial charge in [-0.2, -0.15) is 0 Å². The van der Waals surface area contributed by atoms with Gasteiger partial charge in [-0.05, 0) is 6.92 Å². The minimum absolute atomic E-state index is 0. The molecule has 4 rings (SSSR count). The summed E-state index contributed by atoms with van der Waals surface area (Å²) < 4.78 is 0. The fraction of sp³-hybridized carbons (Fsp3) is 0.889. The Bertz CT molecular complexity index is 484. The Hall–Kier alpha value is -0.610. The van der Waals surface area contributed by atoms with E-state index in [1.165, 1.54) is 26.2 Å². The van der Waals surface area contributed by atoms with Gasteiger partial charge in [0.05, 0.1) is 6.54 Å². The second-order valence-corrected chi connectivity index (χ2v) is 7.65. The quantitative estimate of drug-likeness (QED) is 0.360. The lowest BCUT2D eigenvalue weighted by Gasteiger charge is -2.47. The van der Waals surface area contributed by atoms with Crippen LogP contribution in [0.5, 0.6) is 0 Å². The molecule has 4 saturated heterocycles. The monoisotopic (exact) mass is 478 g/mol. The second-order valence-electron chi connectivity index (χ2n) is 7.65. The molecule has 0 aromatic heterocycles. The van der Waals surface area contributed by atoms with Crippen LogP contribution < -0.4 is 5.32 Å². The first-order valence-electron chi connectivity index (χ1n) is 9.87. The third kappa shape index (κ3) is 5.22. The molecule has 4 heterocycles. The highest BCUT2D eigenvalue weighted by Crippen LogP contribution is 2.16. The summed E-state index contributed by atoms with van der Waals surface area (Å²) in [5.74, 6) is 1.36. The van der Waals surface area contributed by atoms with E-state index in [0.717, 1.165) is 51.8 Å². The van der Waals surface area contributed by atoms with Gasteiger partial charge in [0, 0.05) is 77.4 Å². The molecule has 1 amide bonds. The number of carbonyl (C=O) groups excluding carboxylic acids is 1. The molecular weight excluding hydrogens is 443 g/mol. The largest absolute Gasteiger partial charge is 0.357 e. The highest BCUT2D eigenvalue weighted by molar-refractivity contribution is 14.0. The van der Waals surface area contributed by atoms with Gasteiger partial charge in [0.2, 0.25) is 5.91 Å². The van der Waals surface area contributed by atoms with Gasteiger partial charge in [-0.15, -0.1) is 24.0 Å². The van der Waals surface area contributed by atoms with Crippen molar-refractivity contribution in [1.82, 2.24) is 24.9 Å². The Balaban J connectivity index is 0.00000243. The summed E-state index contributed by atoms with van der Waals surface area (Å²) in [6.07, 6.45) is 0. The summed E-state index contributed by atoms with van der Waals surface area (Å²) in [6, 6.07) is 0.556. The second kappa shape index (κ2) is 10.1. The van der Waals surface area contributed by atoms with Crippen LogP contribution in [-0.2, 0) is 4.79 Å². The first kappa shape index (κ1) is 21.7. The molecule has 0 saturated carbocycles. The Morgan fingerprint density at radius 1 is 1.04 bits per heavy atom. The zero-order chi connectivity index (χ0) is 17.8. The number of hydrogen-bond donors (Lipinski definition) is 1. The van der Waals surface area contributed by atoms with Gasteiger partial charge in [0.25, 0.3) is 0 Å². The average molecular weight is 478 g/mol. The van der Waals surface area contributed by atoms with Crippen molar-refractivity contribution in [1.29, 1.82) is 0 Å². The van der Waals surface area contributed by atoms with Crippen LogP contribution in [0.3, 0.4) is 0 Å². The van der Waals surface area contributed by atoms with E-state index in [9.17, 15) is 4.79 Å². The van der Waals surface area contributed by atoms with Gasteiger partial charge in [0.1, 0.15) is 0 Å². The number of nitrogens with zero attached hydrogens (tertiary/aromatic N) is 5. The molecule has 4 aliphatic heterocycles. The lowest BCUT2D eigenvalue weighted by Crippen LogP contribution is -2.62. The van der Waals surface area contributed by atoms with Crippen molar-refractivity contribution in [3.63, 3.8) is 0 Å².